The molecule has 240 valence electrons. The number of benzene rings is 6. The Morgan fingerprint density at radius 1 is 0.333 bits per heavy atom. The molecule has 0 N–H and O–H groups in total. The maximum atomic E-state index is 6.17. The minimum absolute atomic E-state index is 0. The van der Waals surface area contributed by atoms with Crippen LogP contribution in [-0.4, -0.2) is 14.2 Å². The summed E-state index contributed by atoms with van der Waals surface area (Å²) < 4.78 is 12.3. The van der Waals surface area contributed by atoms with Crippen molar-refractivity contribution in [2.24, 2.45) is 0 Å². The van der Waals surface area contributed by atoms with Crippen molar-refractivity contribution in [2.45, 2.75) is 0 Å². The average Bonchev–Trinajstić information content (AvgIpc) is 3.74. The second-order valence-electron chi connectivity index (χ2n) is 10.7. The zero-order chi connectivity index (χ0) is 32.3. The van der Waals surface area contributed by atoms with Gasteiger partial charge in [-0.25, -0.2) is 0 Å². The van der Waals surface area contributed by atoms with Crippen molar-refractivity contribution >= 4 is 47.7 Å². The summed E-state index contributed by atoms with van der Waals surface area (Å²) >= 11 is 0. The van der Waals surface area contributed by atoms with E-state index >= 15 is 0 Å². The fourth-order valence-corrected chi connectivity index (χ4v) is 10.7. The molecular weight excluding hydrogens is 803 g/mol. The second-order valence-corrected chi connectivity index (χ2v) is 15.1. The maximum absolute atomic E-state index is 6.17. The first-order valence-corrected chi connectivity index (χ1v) is 18.3. The molecule has 0 bridgehead atoms. The van der Waals surface area contributed by atoms with Crippen molar-refractivity contribution in [3.63, 3.8) is 0 Å². The van der Waals surface area contributed by atoms with E-state index in [1.165, 1.54) is 31.8 Å². The van der Waals surface area contributed by atoms with Gasteiger partial charge in [-0.3, -0.25) is 0 Å². The molecule has 1 saturated carbocycles. The van der Waals surface area contributed by atoms with Crippen LogP contribution in [0.25, 0.3) is 11.1 Å². The van der Waals surface area contributed by atoms with E-state index in [2.05, 4.69) is 158 Å². The van der Waals surface area contributed by atoms with Gasteiger partial charge in [0.2, 0.25) is 0 Å². The molecule has 5 heteroatoms. The van der Waals surface area contributed by atoms with Gasteiger partial charge in [0.1, 0.15) is 11.5 Å². The molecule has 1 fully saturated rings. The summed E-state index contributed by atoms with van der Waals surface area (Å²) in [6.45, 7) is 0. The molecule has 0 unspecified atom stereocenters. The van der Waals surface area contributed by atoms with Crippen LogP contribution < -0.4 is 41.3 Å². The zero-order valence-corrected chi connectivity index (χ0v) is 31.1. The Labute approximate surface area is 302 Å². The van der Waals surface area contributed by atoms with Gasteiger partial charge in [0.15, 0.2) is 0 Å². The molecule has 48 heavy (non-hydrogen) atoms. The summed E-state index contributed by atoms with van der Waals surface area (Å²) in [5.74, 6) is 1.68. The predicted octanol–water partition coefficient (Wildman–Crippen LogP) is 7.91. The molecule has 0 amide bonds. The summed E-state index contributed by atoms with van der Waals surface area (Å²) in [4.78, 5) is 0. The van der Waals surface area contributed by atoms with E-state index in [4.69, 9.17) is 9.47 Å². The van der Waals surface area contributed by atoms with Crippen molar-refractivity contribution in [1.82, 2.24) is 0 Å². The van der Waals surface area contributed by atoms with E-state index in [9.17, 15) is 0 Å². The number of rotatable bonds is 9. The first-order chi connectivity index (χ1) is 23.3. The standard InChI is InChI=1S/C38H32O2P2.C5H5.Ir/c1-39-33-25-15-27-35(41(29-17-7-3-8-18-29)30-19-9-4-10-20-30)37(33)38-34(40-2)26-16-28-36(38)42(31-21-11-5-12-22-31)32-23-13-6-14-24-32;1-2-4-5-3-1;/h3-28H,1-2H3;1-5H;. The van der Waals surface area contributed by atoms with E-state index in [-0.39, 0.29) is 20.1 Å². The van der Waals surface area contributed by atoms with Gasteiger partial charge in [0.25, 0.3) is 0 Å². The second kappa shape index (κ2) is 18.3. The first-order valence-electron chi connectivity index (χ1n) is 15.6. The van der Waals surface area contributed by atoms with Gasteiger partial charge in [0, 0.05) is 31.2 Å². The molecule has 0 saturated heterocycles. The summed E-state index contributed by atoms with van der Waals surface area (Å²) in [6, 6.07) is 56.2. The van der Waals surface area contributed by atoms with Crippen molar-refractivity contribution < 1.29 is 29.6 Å². The van der Waals surface area contributed by atoms with Gasteiger partial charge >= 0.3 is 0 Å². The Morgan fingerprint density at radius 2 is 0.604 bits per heavy atom. The van der Waals surface area contributed by atoms with E-state index in [1.54, 1.807) is 14.2 Å². The molecule has 7 rings (SSSR count). The molecule has 6 aromatic rings. The Kier molecular flexibility index (Phi) is 13.6. The normalized spacial score (nSPS) is 12.2. The maximum Gasteiger partial charge on any atom is 0.127 e. The third-order valence-electron chi connectivity index (χ3n) is 7.79. The molecule has 0 aliphatic heterocycles. The van der Waals surface area contributed by atoms with Crippen LogP contribution in [0.3, 0.4) is 0 Å². The van der Waals surface area contributed by atoms with Crippen LogP contribution in [0, 0.1) is 32.1 Å². The van der Waals surface area contributed by atoms with E-state index in [1.807, 2.05) is 32.1 Å². The average molecular weight is 840 g/mol. The summed E-state index contributed by atoms with van der Waals surface area (Å²) in [6.07, 6.45) is 10.0. The van der Waals surface area contributed by atoms with E-state index in [0.29, 0.717) is 0 Å². The molecule has 0 atom stereocenters. The van der Waals surface area contributed by atoms with Crippen molar-refractivity contribution in [3.05, 3.63) is 190 Å². The number of ether oxygens (including phenoxy) is 2. The van der Waals surface area contributed by atoms with Crippen LogP contribution in [-0.2, 0) is 20.1 Å². The Morgan fingerprint density at radius 3 is 0.854 bits per heavy atom. The summed E-state index contributed by atoms with van der Waals surface area (Å²) in [7, 11) is 1.74. The van der Waals surface area contributed by atoms with Gasteiger partial charge in [-0.05, 0) is 91.9 Å². The monoisotopic (exact) mass is 840 g/mol. The zero-order valence-electron chi connectivity index (χ0n) is 26.9. The Hall–Kier alpha value is -3.57. The van der Waals surface area contributed by atoms with Crippen LogP contribution >= 0.6 is 15.8 Å². The molecule has 1 aliphatic rings. The molecular formula is C43H37IrO2P2. The Bertz CT molecular complexity index is 1610. The molecule has 0 heterocycles. The van der Waals surface area contributed by atoms with Gasteiger partial charge in [-0.15, -0.1) is 0 Å². The molecule has 6 aromatic carbocycles. The molecule has 1 aliphatic carbocycles. The smallest absolute Gasteiger partial charge is 0.127 e. The number of hydrogen-bond donors (Lipinski definition) is 0. The summed E-state index contributed by atoms with van der Waals surface area (Å²) in [5, 5.41) is 7.64. The van der Waals surface area contributed by atoms with Gasteiger partial charge < -0.3 is 9.47 Å². The van der Waals surface area contributed by atoms with Gasteiger partial charge in [-0.2, -0.15) is 0 Å². The third kappa shape index (κ3) is 8.34. The molecule has 2 nitrogen and oxygen atoms in total. The summed E-state index contributed by atoms with van der Waals surface area (Å²) in [5.41, 5.74) is 2.18. The van der Waals surface area contributed by atoms with E-state index in [0.717, 1.165) is 22.6 Å². The van der Waals surface area contributed by atoms with Crippen LogP contribution in [0.4, 0.5) is 0 Å². The van der Waals surface area contributed by atoms with Crippen LogP contribution in [0.1, 0.15) is 0 Å². The fourth-order valence-electron chi connectivity index (χ4n) is 5.74. The minimum Gasteiger partial charge on any atom is -0.496 e. The molecule has 0 spiro atoms. The SMILES string of the molecule is COc1cccc(P(c2ccccc2)c2ccccc2)c1-c1c(OC)cccc1P(c1ccccc1)c1ccccc1.[CH]1[CH][CH][CH][CH]1.[Ir]. The predicted molar refractivity (Wildman–Crippen MR) is 204 cm³/mol. The van der Waals surface area contributed by atoms with Crippen molar-refractivity contribution in [3.8, 4) is 22.6 Å². The Balaban J connectivity index is 0.000000689. The van der Waals surface area contributed by atoms with Crippen molar-refractivity contribution in [2.75, 3.05) is 14.2 Å². The fraction of sp³-hybridized carbons (Fsp3) is 0.0465. The quantitative estimate of drug-likeness (QED) is 0.138. The minimum atomic E-state index is -0.898. The van der Waals surface area contributed by atoms with Crippen LogP contribution in [0.2, 0.25) is 0 Å². The van der Waals surface area contributed by atoms with Crippen LogP contribution in [0.5, 0.6) is 11.5 Å². The molecule has 6 radical (unpaired) electrons. The van der Waals surface area contributed by atoms with Gasteiger partial charge in [0.05, 0.1) is 14.2 Å². The third-order valence-corrected chi connectivity index (χ3v) is 12.8. The number of hydrogen-bond acceptors (Lipinski definition) is 2. The number of methoxy groups -OCH3 is 2. The first kappa shape index (κ1) is 35.7. The van der Waals surface area contributed by atoms with Crippen molar-refractivity contribution in [1.29, 1.82) is 0 Å². The topological polar surface area (TPSA) is 18.5 Å². The van der Waals surface area contributed by atoms with Crippen LogP contribution in [0.15, 0.2) is 158 Å². The van der Waals surface area contributed by atoms with E-state index < -0.39 is 15.8 Å². The largest absolute Gasteiger partial charge is 0.496 e. The van der Waals surface area contributed by atoms with Gasteiger partial charge in [-0.1, -0.05) is 146 Å². The molecule has 0 aromatic heterocycles.